The predicted molar refractivity (Wildman–Crippen MR) is 98.0 cm³/mol. The predicted octanol–water partition coefficient (Wildman–Crippen LogP) is 2.44. The molecule has 0 fully saturated rings. The smallest absolute Gasteiger partial charge is 0.341 e. The zero-order chi connectivity index (χ0) is 18.6. The lowest BCUT2D eigenvalue weighted by atomic mass is 10.1. The fraction of sp³-hybridized carbons (Fsp3) is 0.471. The van der Waals surface area contributed by atoms with Crippen molar-refractivity contribution in [3.8, 4) is 0 Å². The molecule has 2 rings (SSSR count). The highest BCUT2D eigenvalue weighted by atomic mass is 32.1. The van der Waals surface area contributed by atoms with Gasteiger partial charge in [-0.3, -0.25) is 14.4 Å². The van der Waals surface area contributed by atoms with E-state index in [1.807, 2.05) is 43.6 Å². The maximum absolute atomic E-state index is 12.3. The zero-order valence-electron chi connectivity index (χ0n) is 15.3. The van der Waals surface area contributed by atoms with E-state index >= 15 is 0 Å². The van der Waals surface area contributed by atoms with Gasteiger partial charge in [-0.15, -0.1) is 11.3 Å². The van der Waals surface area contributed by atoms with Crippen LogP contribution >= 0.6 is 11.3 Å². The number of rotatable bonds is 7. The highest BCUT2D eigenvalue weighted by molar-refractivity contribution is 7.16. The maximum atomic E-state index is 12.3. The molecule has 0 radical (unpaired) electrons. The summed E-state index contributed by atoms with van der Waals surface area (Å²) in [7, 11) is 3.21. The summed E-state index contributed by atoms with van der Waals surface area (Å²) in [4.78, 5) is 27.2. The second kappa shape index (κ2) is 8.26. The second-order valence-electron chi connectivity index (χ2n) is 5.90. The second-order valence-corrected chi connectivity index (χ2v) is 7.13. The molecule has 0 saturated heterocycles. The van der Waals surface area contributed by atoms with Gasteiger partial charge in [0.25, 0.3) is 0 Å². The molecule has 7 nitrogen and oxygen atoms in total. The Hall–Kier alpha value is -2.19. The fourth-order valence-corrected chi connectivity index (χ4v) is 3.57. The van der Waals surface area contributed by atoms with Gasteiger partial charge in [-0.05, 0) is 33.4 Å². The first-order chi connectivity index (χ1) is 11.8. The van der Waals surface area contributed by atoms with Gasteiger partial charge in [0.15, 0.2) is 0 Å². The number of hydrogen-bond acceptors (Lipinski definition) is 6. The first kappa shape index (κ1) is 19.1. The third-order valence-corrected chi connectivity index (χ3v) is 5.03. The van der Waals surface area contributed by atoms with Crippen molar-refractivity contribution in [3.05, 3.63) is 34.0 Å². The molecule has 0 aliphatic heterocycles. The molecule has 0 spiro atoms. The molecule has 0 bridgehead atoms. The number of nitrogens with zero attached hydrogens (tertiary/aromatic N) is 3. The number of carbonyl (C=O) groups is 2. The van der Waals surface area contributed by atoms with Gasteiger partial charge in [0.2, 0.25) is 5.91 Å². The Balaban J connectivity index is 2.00. The van der Waals surface area contributed by atoms with Crippen molar-refractivity contribution in [2.75, 3.05) is 26.0 Å². The zero-order valence-corrected chi connectivity index (χ0v) is 16.1. The molecule has 0 saturated carbocycles. The summed E-state index contributed by atoms with van der Waals surface area (Å²) in [5.41, 5.74) is 2.33. The Morgan fingerprint density at radius 2 is 2.12 bits per heavy atom. The quantitative estimate of drug-likeness (QED) is 0.764. The van der Waals surface area contributed by atoms with E-state index in [0.29, 0.717) is 17.1 Å². The molecule has 0 aromatic carbocycles. The van der Waals surface area contributed by atoms with Crippen LogP contribution in [0.3, 0.4) is 0 Å². The summed E-state index contributed by atoms with van der Waals surface area (Å²) >= 11 is 1.39. The van der Waals surface area contributed by atoms with E-state index in [-0.39, 0.29) is 12.5 Å². The molecular weight excluding hydrogens is 340 g/mol. The summed E-state index contributed by atoms with van der Waals surface area (Å²) in [6.07, 6.45) is 3.77. The molecule has 136 valence electrons. The third-order valence-electron chi connectivity index (χ3n) is 3.90. The van der Waals surface area contributed by atoms with E-state index in [1.54, 1.807) is 6.20 Å². The van der Waals surface area contributed by atoms with Crippen LogP contribution in [0.1, 0.15) is 33.3 Å². The van der Waals surface area contributed by atoms with Crippen LogP contribution in [0.4, 0.5) is 5.00 Å². The Bertz CT molecular complexity index is 766. The largest absolute Gasteiger partial charge is 0.465 e. The summed E-state index contributed by atoms with van der Waals surface area (Å²) in [5, 5.41) is 7.60. The molecule has 0 unspecified atom stereocenters. The van der Waals surface area contributed by atoms with Crippen LogP contribution in [0.25, 0.3) is 0 Å². The van der Waals surface area contributed by atoms with Crippen molar-refractivity contribution in [1.82, 2.24) is 14.7 Å². The monoisotopic (exact) mass is 364 g/mol. The molecule has 0 atom stereocenters. The molecule has 2 aromatic rings. The van der Waals surface area contributed by atoms with Crippen LogP contribution in [0.5, 0.6) is 0 Å². The molecule has 1 N–H and O–H groups in total. The van der Waals surface area contributed by atoms with Crippen LogP contribution in [0, 0.1) is 13.8 Å². The van der Waals surface area contributed by atoms with E-state index < -0.39 is 5.97 Å². The molecular formula is C17H24N4O3S. The number of hydrogen-bond donors (Lipinski definition) is 1. The molecule has 2 aromatic heterocycles. The molecule has 2 heterocycles. The van der Waals surface area contributed by atoms with Crippen molar-refractivity contribution in [2.24, 2.45) is 0 Å². The van der Waals surface area contributed by atoms with Gasteiger partial charge in [0.05, 0.1) is 25.4 Å². The lowest BCUT2D eigenvalue weighted by Crippen LogP contribution is -2.30. The number of esters is 1. The Morgan fingerprint density at radius 3 is 2.72 bits per heavy atom. The lowest BCUT2D eigenvalue weighted by molar-refractivity contribution is -0.117. The maximum Gasteiger partial charge on any atom is 0.341 e. The normalized spacial score (nSPS) is 11.0. The molecule has 0 aliphatic carbocycles. The van der Waals surface area contributed by atoms with Gasteiger partial charge in [-0.25, -0.2) is 4.79 Å². The Labute approximate surface area is 151 Å². The van der Waals surface area contributed by atoms with Crippen molar-refractivity contribution < 1.29 is 14.3 Å². The van der Waals surface area contributed by atoms with Crippen LogP contribution in [-0.2, 0) is 22.6 Å². The lowest BCUT2D eigenvalue weighted by Gasteiger charge is -2.15. The van der Waals surface area contributed by atoms with Gasteiger partial charge in [0.1, 0.15) is 5.00 Å². The minimum Gasteiger partial charge on any atom is -0.465 e. The van der Waals surface area contributed by atoms with Gasteiger partial charge in [-0.2, -0.15) is 5.10 Å². The number of likely N-dealkylation sites (N-methyl/N-ethyl adjacent to an activating group) is 1. The van der Waals surface area contributed by atoms with Crippen LogP contribution < -0.4 is 5.32 Å². The first-order valence-electron chi connectivity index (χ1n) is 8.03. The van der Waals surface area contributed by atoms with Gasteiger partial charge in [0, 0.05) is 29.7 Å². The average molecular weight is 364 g/mol. The number of methoxy groups -OCH3 is 1. The van der Waals surface area contributed by atoms with Crippen molar-refractivity contribution >= 4 is 28.2 Å². The number of aromatic nitrogens is 2. The first-order valence-corrected chi connectivity index (χ1v) is 8.85. The van der Waals surface area contributed by atoms with E-state index in [9.17, 15) is 9.59 Å². The van der Waals surface area contributed by atoms with E-state index in [4.69, 9.17) is 4.74 Å². The van der Waals surface area contributed by atoms with Gasteiger partial charge in [-0.1, -0.05) is 0 Å². The minimum absolute atomic E-state index is 0.170. The number of thiophene rings is 1. The number of amides is 1. The Morgan fingerprint density at radius 1 is 1.40 bits per heavy atom. The molecule has 0 aliphatic rings. The summed E-state index contributed by atoms with van der Waals surface area (Å²) in [6.45, 7) is 7.45. The van der Waals surface area contributed by atoms with Crippen LogP contribution in [0.2, 0.25) is 0 Å². The van der Waals surface area contributed by atoms with Crippen molar-refractivity contribution in [1.29, 1.82) is 0 Å². The molecule has 1 amide bonds. The summed E-state index contributed by atoms with van der Waals surface area (Å²) in [5.74, 6) is -0.603. The standard InChI is InChI=1S/C17H24N4O3S/c1-6-21-9-13(7-18-21)8-20(4)10-14(22)19-16-15(17(23)24-5)11(2)12(3)25-16/h7,9H,6,8,10H2,1-5H3,(H,19,22). The van der Waals surface area contributed by atoms with Crippen LogP contribution in [-0.4, -0.2) is 47.3 Å². The molecule has 8 heteroatoms. The van der Waals surface area contributed by atoms with Crippen LogP contribution in [0.15, 0.2) is 12.4 Å². The number of nitrogens with one attached hydrogen (secondary N) is 1. The molecule has 25 heavy (non-hydrogen) atoms. The van der Waals surface area contributed by atoms with E-state index in [1.165, 1.54) is 18.4 Å². The SMILES string of the molecule is CCn1cc(CN(C)CC(=O)Nc2sc(C)c(C)c2C(=O)OC)cn1. The van der Waals surface area contributed by atoms with Crippen molar-refractivity contribution in [3.63, 3.8) is 0 Å². The van der Waals surface area contributed by atoms with Gasteiger partial charge < -0.3 is 10.1 Å². The fourth-order valence-electron chi connectivity index (χ4n) is 2.50. The number of aryl methyl sites for hydroxylation is 2. The topological polar surface area (TPSA) is 76.5 Å². The van der Waals surface area contributed by atoms with E-state index in [2.05, 4.69) is 10.4 Å². The minimum atomic E-state index is -0.433. The highest BCUT2D eigenvalue weighted by Gasteiger charge is 2.21. The Kier molecular flexibility index (Phi) is 6.33. The third kappa shape index (κ3) is 4.67. The van der Waals surface area contributed by atoms with Gasteiger partial charge >= 0.3 is 5.97 Å². The summed E-state index contributed by atoms with van der Waals surface area (Å²) < 4.78 is 6.67. The number of anilines is 1. The van der Waals surface area contributed by atoms with Crippen molar-refractivity contribution in [2.45, 2.75) is 33.9 Å². The van der Waals surface area contributed by atoms with E-state index in [0.717, 1.165) is 22.5 Å². The number of ether oxygens (including phenoxy) is 1. The average Bonchev–Trinajstić information content (AvgIpc) is 3.11. The highest BCUT2D eigenvalue weighted by Crippen LogP contribution is 2.32. The summed E-state index contributed by atoms with van der Waals surface area (Å²) in [6, 6.07) is 0. The number of carbonyl (C=O) groups excluding carboxylic acids is 2.